The maximum absolute atomic E-state index is 10.3. The molecule has 1 aromatic rings. The van der Waals surface area contributed by atoms with Gasteiger partial charge in [0.2, 0.25) is 0 Å². The fraction of sp³-hybridized carbons (Fsp3) is 0.556. The second-order valence-electron chi connectivity index (χ2n) is 2.86. The van der Waals surface area contributed by atoms with Gasteiger partial charge in [-0.3, -0.25) is 4.79 Å². The van der Waals surface area contributed by atoms with Crippen molar-refractivity contribution in [1.82, 2.24) is 4.98 Å². The summed E-state index contributed by atoms with van der Waals surface area (Å²) in [6, 6.07) is 0. The predicted octanol–water partition coefficient (Wildman–Crippen LogP) is 2.11. The quantitative estimate of drug-likeness (QED) is 0.790. The predicted molar refractivity (Wildman–Crippen MR) is 52.1 cm³/mol. The van der Waals surface area contributed by atoms with Crippen LogP contribution in [0.5, 0.6) is 0 Å². The normalized spacial score (nSPS) is 10.2. The van der Waals surface area contributed by atoms with Crippen molar-refractivity contribution in [2.45, 2.75) is 32.6 Å². The Morgan fingerprint density at radius 1 is 1.62 bits per heavy atom. The van der Waals surface area contributed by atoms with E-state index in [-0.39, 0.29) is 6.42 Å². The number of aliphatic carboxylic acids is 1. The first-order chi connectivity index (χ1) is 6.22. The minimum atomic E-state index is -0.745. The van der Waals surface area contributed by atoms with E-state index in [1.807, 2.05) is 0 Å². The molecule has 1 aromatic heterocycles. The van der Waals surface area contributed by atoms with E-state index in [4.69, 9.17) is 5.11 Å². The van der Waals surface area contributed by atoms with Crippen molar-refractivity contribution in [3.63, 3.8) is 0 Å². The van der Waals surface area contributed by atoms with E-state index in [9.17, 15) is 4.79 Å². The fourth-order valence-corrected chi connectivity index (χ4v) is 2.05. The van der Waals surface area contributed by atoms with Crippen molar-refractivity contribution in [3.8, 4) is 0 Å². The molecule has 4 heteroatoms. The number of thiazole rings is 1. The molecule has 0 bridgehead atoms. The van der Waals surface area contributed by atoms with E-state index >= 15 is 0 Å². The molecule has 1 N–H and O–H groups in total. The van der Waals surface area contributed by atoms with Gasteiger partial charge in [-0.2, -0.15) is 0 Å². The third-order valence-electron chi connectivity index (χ3n) is 1.65. The zero-order chi connectivity index (χ0) is 9.68. The molecule has 0 aliphatic heterocycles. The number of hydrogen-bond acceptors (Lipinski definition) is 3. The van der Waals surface area contributed by atoms with Crippen molar-refractivity contribution in [3.05, 3.63) is 16.1 Å². The molecule has 0 aliphatic rings. The Morgan fingerprint density at radius 3 is 3.00 bits per heavy atom. The number of carboxylic acid groups (broad SMARTS) is 1. The lowest BCUT2D eigenvalue weighted by Gasteiger charge is -1.90. The number of hydrogen-bond donors (Lipinski definition) is 1. The standard InChI is InChI=1S/C9H13NO2S/c1-2-3-8-10-6-7(13-8)4-5-9(11)12/h6H,2-5H2,1H3,(H,11,12). The molecule has 13 heavy (non-hydrogen) atoms. The summed E-state index contributed by atoms with van der Waals surface area (Å²) in [5, 5.41) is 9.58. The molecule has 0 radical (unpaired) electrons. The van der Waals surface area contributed by atoms with Gasteiger partial charge in [-0.05, 0) is 19.3 Å². The van der Waals surface area contributed by atoms with Gasteiger partial charge in [-0.15, -0.1) is 11.3 Å². The highest BCUT2D eigenvalue weighted by Crippen LogP contribution is 2.15. The Morgan fingerprint density at radius 2 is 2.38 bits per heavy atom. The molecular weight excluding hydrogens is 186 g/mol. The van der Waals surface area contributed by atoms with E-state index in [2.05, 4.69) is 11.9 Å². The van der Waals surface area contributed by atoms with Crippen LogP contribution in [-0.4, -0.2) is 16.1 Å². The fourth-order valence-electron chi connectivity index (χ4n) is 1.02. The van der Waals surface area contributed by atoms with Gasteiger partial charge in [0.25, 0.3) is 0 Å². The number of carbonyl (C=O) groups is 1. The number of aryl methyl sites for hydroxylation is 2. The second kappa shape index (κ2) is 4.97. The van der Waals surface area contributed by atoms with Gasteiger partial charge in [-0.25, -0.2) is 4.98 Å². The highest BCUT2D eigenvalue weighted by molar-refractivity contribution is 7.11. The van der Waals surface area contributed by atoms with Crippen LogP contribution in [0.3, 0.4) is 0 Å². The van der Waals surface area contributed by atoms with Crippen LogP contribution in [0.25, 0.3) is 0 Å². The molecule has 0 atom stereocenters. The molecule has 1 rings (SSSR count). The first-order valence-electron chi connectivity index (χ1n) is 4.37. The molecule has 0 fully saturated rings. The molecule has 0 aromatic carbocycles. The van der Waals surface area contributed by atoms with Crippen molar-refractivity contribution in [2.75, 3.05) is 0 Å². The number of aromatic nitrogens is 1. The van der Waals surface area contributed by atoms with Gasteiger partial charge in [0.15, 0.2) is 0 Å². The van der Waals surface area contributed by atoms with Crippen LogP contribution in [-0.2, 0) is 17.6 Å². The van der Waals surface area contributed by atoms with Crippen LogP contribution in [0.1, 0.15) is 29.7 Å². The van der Waals surface area contributed by atoms with E-state index in [0.717, 1.165) is 22.7 Å². The summed E-state index contributed by atoms with van der Waals surface area (Å²) in [4.78, 5) is 15.6. The van der Waals surface area contributed by atoms with Gasteiger partial charge in [0.05, 0.1) is 11.4 Å². The van der Waals surface area contributed by atoms with Gasteiger partial charge in [-0.1, -0.05) is 6.92 Å². The molecule has 0 amide bonds. The monoisotopic (exact) mass is 199 g/mol. The molecule has 0 saturated carbocycles. The summed E-state index contributed by atoms with van der Waals surface area (Å²) in [5.74, 6) is -0.745. The van der Waals surface area contributed by atoms with Crippen molar-refractivity contribution in [1.29, 1.82) is 0 Å². The minimum Gasteiger partial charge on any atom is -0.481 e. The molecule has 0 aliphatic carbocycles. The van der Waals surface area contributed by atoms with Crippen LogP contribution in [0, 0.1) is 0 Å². The van der Waals surface area contributed by atoms with Crippen LogP contribution < -0.4 is 0 Å². The Bertz CT molecular complexity index is 283. The summed E-state index contributed by atoms with van der Waals surface area (Å²) >= 11 is 1.62. The first kappa shape index (κ1) is 10.2. The number of carboxylic acids is 1. The van der Waals surface area contributed by atoms with E-state index in [1.165, 1.54) is 0 Å². The molecule has 72 valence electrons. The summed E-state index contributed by atoms with van der Waals surface area (Å²) in [6.07, 6.45) is 4.69. The third kappa shape index (κ3) is 3.55. The van der Waals surface area contributed by atoms with Crippen molar-refractivity contribution in [2.24, 2.45) is 0 Å². The first-order valence-corrected chi connectivity index (χ1v) is 5.19. The Hall–Kier alpha value is -0.900. The van der Waals surface area contributed by atoms with Crippen LogP contribution in [0.2, 0.25) is 0 Å². The van der Waals surface area contributed by atoms with Gasteiger partial charge in [0.1, 0.15) is 0 Å². The highest BCUT2D eigenvalue weighted by atomic mass is 32.1. The van der Waals surface area contributed by atoms with Crippen molar-refractivity contribution >= 4 is 17.3 Å². The van der Waals surface area contributed by atoms with E-state index in [0.29, 0.717) is 6.42 Å². The lowest BCUT2D eigenvalue weighted by atomic mass is 10.3. The van der Waals surface area contributed by atoms with Gasteiger partial charge >= 0.3 is 5.97 Å². The summed E-state index contributed by atoms with van der Waals surface area (Å²) in [6.45, 7) is 2.11. The van der Waals surface area contributed by atoms with E-state index < -0.39 is 5.97 Å². The minimum absolute atomic E-state index is 0.202. The summed E-state index contributed by atoms with van der Waals surface area (Å²) in [5.41, 5.74) is 0. The SMILES string of the molecule is CCCc1ncc(CCC(=O)O)s1. The molecule has 1 heterocycles. The zero-order valence-corrected chi connectivity index (χ0v) is 8.43. The lowest BCUT2D eigenvalue weighted by Crippen LogP contribution is -1.95. The molecule has 0 spiro atoms. The largest absolute Gasteiger partial charge is 0.481 e. The Kier molecular flexibility index (Phi) is 3.89. The van der Waals surface area contributed by atoms with Crippen LogP contribution >= 0.6 is 11.3 Å². The summed E-state index contributed by atoms with van der Waals surface area (Å²) in [7, 11) is 0. The van der Waals surface area contributed by atoms with Crippen LogP contribution in [0.15, 0.2) is 6.20 Å². The number of rotatable bonds is 5. The molecule has 0 unspecified atom stereocenters. The average molecular weight is 199 g/mol. The smallest absolute Gasteiger partial charge is 0.303 e. The number of nitrogens with zero attached hydrogens (tertiary/aromatic N) is 1. The Balaban J connectivity index is 2.44. The van der Waals surface area contributed by atoms with Crippen molar-refractivity contribution < 1.29 is 9.90 Å². The van der Waals surface area contributed by atoms with Gasteiger partial charge < -0.3 is 5.11 Å². The molecule has 3 nitrogen and oxygen atoms in total. The topological polar surface area (TPSA) is 50.2 Å². The van der Waals surface area contributed by atoms with Gasteiger partial charge in [0, 0.05) is 11.1 Å². The van der Waals surface area contributed by atoms with E-state index in [1.54, 1.807) is 17.5 Å². The maximum Gasteiger partial charge on any atom is 0.303 e. The average Bonchev–Trinajstić information content (AvgIpc) is 2.50. The second-order valence-corrected chi connectivity index (χ2v) is 4.06. The highest BCUT2D eigenvalue weighted by Gasteiger charge is 2.03. The maximum atomic E-state index is 10.3. The Labute approximate surface area is 81.4 Å². The lowest BCUT2D eigenvalue weighted by molar-refractivity contribution is -0.136. The molecule has 0 saturated heterocycles. The summed E-state index contributed by atoms with van der Waals surface area (Å²) < 4.78 is 0. The third-order valence-corrected chi connectivity index (χ3v) is 2.77. The zero-order valence-electron chi connectivity index (χ0n) is 7.62. The van der Waals surface area contributed by atoms with Crippen LogP contribution in [0.4, 0.5) is 0 Å². The molecular formula is C9H13NO2S.